The van der Waals surface area contributed by atoms with Gasteiger partial charge in [0.1, 0.15) is 5.69 Å². The van der Waals surface area contributed by atoms with Crippen LogP contribution in [0.4, 0.5) is 0 Å². The third kappa shape index (κ3) is 3.40. The summed E-state index contributed by atoms with van der Waals surface area (Å²) in [7, 11) is 0. The SMILES string of the molecule is CC(C)c1noc2nc(-c3ccco3)cc(C(=O)N3CC(CN)CC3C)c12.Cl. The second kappa shape index (κ2) is 7.93. The summed E-state index contributed by atoms with van der Waals surface area (Å²) >= 11 is 0. The van der Waals surface area contributed by atoms with Gasteiger partial charge in [-0.2, -0.15) is 0 Å². The van der Waals surface area contributed by atoms with E-state index in [9.17, 15) is 4.79 Å². The fourth-order valence-corrected chi connectivity index (χ4v) is 3.84. The Morgan fingerprint density at radius 3 is 2.82 bits per heavy atom. The summed E-state index contributed by atoms with van der Waals surface area (Å²) in [5.41, 5.74) is 8.06. The molecule has 1 fully saturated rings. The minimum Gasteiger partial charge on any atom is -0.463 e. The van der Waals surface area contributed by atoms with Crippen molar-refractivity contribution in [1.82, 2.24) is 15.0 Å². The highest BCUT2D eigenvalue weighted by Crippen LogP contribution is 2.33. The van der Waals surface area contributed by atoms with Crippen LogP contribution < -0.4 is 5.73 Å². The van der Waals surface area contributed by atoms with Gasteiger partial charge in [-0.25, -0.2) is 4.98 Å². The van der Waals surface area contributed by atoms with Crippen molar-refractivity contribution < 1.29 is 13.7 Å². The molecule has 2 N–H and O–H groups in total. The van der Waals surface area contributed by atoms with Crippen LogP contribution in [0.3, 0.4) is 0 Å². The van der Waals surface area contributed by atoms with Crippen LogP contribution in [0.1, 0.15) is 49.2 Å². The maximum absolute atomic E-state index is 13.5. The Morgan fingerprint density at radius 1 is 1.43 bits per heavy atom. The van der Waals surface area contributed by atoms with E-state index in [0.717, 1.165) is 12.1 Å². The van der Waals surface area contributed by atoms with Crippen molar-refractivity contribution in [3.63, 3.8) is 0 Å². The second-order valence-electron chi connectivity index (χ2n) is 7.58. The van der Waals surface area contributed by atoms with Crippen molar-refractivity contribution in [2.75, 3.05) is 13.1 Å². The molecule has 0 bridgehead atoms. The molecule has 0 radical (unpaired) electrons. The molecule has 4 rings (SSSR count). The molecular weight excluding hydrogens is 380 g/mol. The molecule has 4 heterocycles. The van der Waals surface area contributed by atoms with Crippen molar-refractivity contribution in [1.29, 1.82) is 0 Å². The van der Waals surface area contributed by atoms with E-state index in [1.54, 1.807) is 18.4 Å². The molecule has 3 aromatic heterocycles. The largest absolute Gasteiger partial charge is 0.463 e. The average molecular weight is 405 g/mol. The Balaban J connectivity index is 0.00000225. The van der Waals surface area contributed by atoms with Crippen LogP contribution in [-0.4, -0.2) is 40.1 Å². The van der Waals surface area contributed by atoms with Crippen LogP contribution >= 0.6 is 12.4 Å². The Hall–Kier alpha value is -2.38. The van der Waals surface area contributed by atoms with E-state index >= 15 is 0 Å². The molecule has 1 aliphatic rings. The molecule has 28 heavy (non-hydrogen) atoms. The molecule has 8 heteroatoms. The number of aromatic nitrogens is 2. The summed E-state index contributed by atoms with van der Waals surface area (Å²) < 4.78 is 11.0. The number of nitrogens with two attached hydrogens (primary N) is 1. The summed E-state index contributed by atoms with van der Waals surface area (Å²) in [6, 6.07) is 5.53. The van der Waals surface area contributed by atoms with Gasteiger partial charge in [0.15, 0.2) is 5.76 Å². The first kappa shape index (κ1) is 20.4. The monoisotopic (exact) mass is 404 g/mol. The van der Waals surface area contributed by atoms with E-state index in [0.29, 0.717) is 47.1 Å². The van der Waals surface area contributed by atoms with Crippen LogP contribution in [0.5, 0.6) is 0 Å². The van der Waals surface area contributed by atoms with Crippen LogP contribution in [-0.2, 0) is 0 Å². The molecule has 1 amide bonds. The van der Waals surface area contributed by atoms with Crippen LogP contribution in [0.25, 0.3) is 22.6 Å². The molecule has 0 spiro atoms. The van der Waals surface area contributed by atoms with Crippen molar-refractivity contribution in [2.24, 2.45) is 11.7 Å². The lowest BCUT2D eigenvalue weighted by atomic mass is 10.0. The number of carbonyl (C=O) groups excluding carboxylic acids is 1. The highest BCUT2D eigenvalue weighted by atomic mass is 35.5. The zero-order valence-corrected chi connectivity index (χ0v) is 17.0. The summed E-state index contributed by atoms with van der Waals surface area (Å²) in [6.07, 6.45) is 2.50. The number of fused-ring (bicyclic) bond motifs is 1. The number of hydrogen-bond acceptors (Lipinski definition) is 6. The van der Waals surface area contributed by atoms with Gasteiger partial charge in [0.05, 0.1) is 22.9 Å². The van der Waals surface area contributed by atoms with E-state index < -0.39 is 0 Å². The second-order valence-corrected chi connectivity index (χ2v) is 7.58. The zero-order chi connectivity index (χ0) is 19.1. The lowest BCUT2D eigenvalue weighted by Crippen LogP contribution is -2.34. The molecule has 2 unspecified atom stereocenters. The van der Waals surface area contributed by atoms with Gasteiger partial charge in [-0.1, -0.05) is 19.0 Å². The highest BCUT2D eigenvalue weighted by Gasteiger charge is 2.34. The molecule has 0 aromatic carbocycles. The number of hydrogen-bond donors (Lipinski definition) is 1. The molecular formula is C20H25ClN4O3. The predicted molar refractivity (Wildman–Crippen MR) is 109 cm³/mol. The Kier molecular flexibility index (Phi) is 5.76. The number of likely N-dealkylation sites (tertiary alicyclic amines) is 1. The van der Waals surface area contributed by atoms with Gasteiger partial charge in [0.2, 0.25) is 0 Å². The Morgan fingerprint density at radius 2 is 2.21 bits per heavy atom. The number of furan rings is 1. The topological polar surface area (TPSA) is 98.4 Å². The van der Waals surface area contributed by atoms with Crippen LogP contribution in [0, 0.1) is 5.92 Å². The van der Waals surface area contributed by atoms with Crippen molar-refractivity contribution >= 4 is 29.4 Å². The van der Waals surface area contributed by atoms with Gasteiger partial charge in [-0.05, 0) is 49.9 Å². The standard InChI is InChI=1S/C20H24N4O3.ClH/c1-11(2)18-17-14(20(25)24-10-13(9-21)7-12(24)3)8-15(16-5-4-6-26-16)22-19(17)27-23-18;/h4-6,8,11-13H,7,9-10,21H2,1-3H3;1H. The predicted octanol–water partition coefficient (Wildman–Crippen LogP) is 3.84. The highest BCUT2D eigenvalue weighted by molar-refractivity contribution is 6.07. The average Bonchev–Trinajstić information content (AvgIpc) is 3.38. The first-order valence-electron chi connectivity index (χ1n) is 9.34. The van der Waals surface area contributed by atoms with Gasteiger partial charge in [0.25, 0.3) is 11.6 Å². The van der Waals surface area contributed by atoms with E-state index in [-0.39, 0.29) is 30.3 Å². The minimum absolute atomic E-state index is 0. The number of pyridine rings is 1. The summed E-state index contributed by atoms with van der Waals surface area (Å²) in [5, 5.41) is 4.87. The number of halogens is 1. The van der Waals surface area contributed by atoms with Gasteiger partial charge in [-0.3, -0.25) is 4.79 Å². The van der Waals surface area contributed by atoms with E-state index in [4.69, 9.17) is 14.7 Å². The number of amides is 1. The molecule has 7 nitrogen and oxygen atoms in total. The van der Waals surface area contributed by atoms with Crippen molar-refractivity contribution in [2.45, 2.75) is 39.2 Å². The summed E-state index contributed by atoms with van der Waals surface area (Å²) in [6.45, 7) is 7.36. The maximum Gasteiger partial charge on any atom is 0.259 e. The summed E-state index contributed by atoms with van der Waals surface area (Å²) in [4.78, 5) is 19.9. The molecule has 150 valence electrons. The summed E-state index contributed by atoms with van der Waals surface area (Å²) in [5.74, 6) is 0.992. The van der Waals surface area contributed by atoms with Gasteiger partial charge < -0.3 is 19.6 Å². The van der Waals surface area contributed by atoms with E-state index in [2.05, 4.69) is 17.1 Å². The number of carbonyl (C=O) groups is 1. The van der Waals surface area contributed by atoms with E-state index in [1.165, 1.54) is 0 Å². The van der Waals surface area contributed by atoms with Gasteiger partial charge in [-0.15, -0.1) is 12.4 Å². The van der Waals surface area contributed by atoms with Gasteiger partial charge >= 0.3 is 0 Å². The maximum atomic E-state index is 13.5. The number of rotatable bonds is 4. The van der Waals surface area contributed by atoms with Crippen LogP contribution in [0.15, 0.2) is 33.4 Å². The Labute approximate surface area is 169 Å². The smallest absolute Gasteiger partial charge is 0.259 e. The Bertz CT molecular complexity index is 967. The number of nitrogens with zero attached hydrogens (tertiary/aromatic N) is 3. The fraction of sp³-hybridized carbons (Fsp3) is 0.450. The lowest BCUT2D eigenvalue weighted by Gasteiger charge is -2.22. The molecule has 0 aliphatic carbocycles. The molecule has 1 aliphatic heterocycles. The van der Waals surface area contributed by atoms with Gasteiger partial charge in [0, 0.05) is 12.6 Å². The quantitative estimate of drug-likeness (QED) is 0.709. The normalized spacial score (nSPS) is 19.4. The first-order valence-corrected chi connectivity index (χ1v) is 9.34. The lowest BCUT2D eigenvalue weighted by molar-refractivity contribution is 0.0745. The molecule has 1 saturated heterocycles. The molecule has 0 saturated carbocycles. The third-order valence-corrected chi connectivity index (χ3v) is 5.28. The van der Waals surface area contributed by atoms with Crippen LogP contribution in [0.2, 0.25) is 0 Å². The van der Waals surface area contributed by atoms with E-state index in [1.807, 2.05) is 24.8 Å². The third-order valence-electron chi connectivity index (χ3n) is 5.28. The van der Waals surface area contributed by atoms with Crippen molar-refractivity contribution in [3.8, 4) is 11.5 Å². The first-order chi connectivity index (χ1) is 13.0. The zero-order valence-electron chi connectivity index (χ0n) is 16.2. The fourth-order valence-electron chi connectivity index (χ4n) is 3.84. The van der Waals surface area contributed by atoms with Crippen molar-refractivity contribution in [3.05, 3.63) is 35.7 Å². The minimum atomic E-state index is -0.0382. The molecule has 2 atom stereocenters. The molecule has 3 aromatic rings.